The lowest BCUT2D eigenvalue weighted by Crippen LogP contribution is -2.38. The number of halogens is 2. The Balaban J connectivity index is 3.69. The third kappa shape index (κ3) is 6.32. The number of amides is 1. The summed E-state index contributed by atoms with van der Waals surface area (Å²) in [5.41, 5.74) is 0. The van der Waals surface area contributed by atoms with E-state index in [-0.39, 0.29) is 12.2 Å². The van der Waals surface area contributed by atoms with Crippen molar-refractivity contribution in [3.8, 4) is 0 Å². The second kappa shape index (κ2) is 6.64. The zero-order valence-corrected chi connectivity index (χ0v) is 7.39. The minimum Gasteiger partial charge on any atom is -0.480 e. The predicted molar refractivity (Wildman–Crippen MR) is 44.0 cm³/mol. The van der Waals surface area contributed by atoms with E-state index in [1.54, 1.807) is 0 Å². The molecule has 0 aromatic heterocycles. The molecular weight excluding hydrogens is 204 g/mol. The van der Waals surface area contributed by atoms with Crippen LogP contribution in [0.2, 0.25) is 0 Å². The Kier molecular flexibility index (Phi) is 6.21. The molecule has 1 atom stereocenters. The number of alkyl halides is 2. The van der Waals surface area contributed by atoms with Crippen LogP contribution in [0.1, 0.15) is 0 Å². The van der Waals surface area contributed by atoms with Crippen molar-refractivity contribution in [3.63, 3.8) is 0 Å². The molecule has 0 aliphatic heterocycles. The number of carbonyl (C=O) groups excluding carboxylic acids is 1. The number of hydrogen-bond donors (Lipinski definition) is 2. The number of thioether (sulfide) groups is 1. The third-order valence-electron chi connectivity index (χ3n) is 1.10. The second-order valence-electron chi connectivity index (χ2n) is 2.10. The first kappa shape index (κ1) is 12.2. The fourth-order valence-electron chi connectivity index (χ4n) is 0.548. The van der Waals surface area contributed by atoms with Gasteiger partial charge in [0.25, 0.3) is 0 Å². The van der Waals surface area contributed by atoms with Crippen molar-refractivity contribution in [2.45, 2.75) is 12.5 Å². The summed E-state index contributed by atoms with van der Waals surface area (Å²) in [7, 11) is 0. The molecule has 0 radical (unpaired) electrons. The molecule has 1 amide bonds. The molecule has 0 saturated heterocycles. The van der Waals surface area contributed by atoms with Gasteiger partial charge in [0, 0.05) is 5.75 Å². The number of nitrogens with one attached hydrogen (secondary N) is 1. The van der Waals surface area contributed by atoms with E-state index >= 15 is 0 Å². The molecule has 2 N–H and O–H groups in total. The molecule has 13 heavy (non-hydrogen) atoms. The van der Waals surface area contributed by atoms with Gasteiger partial charge in [-0.25, -0.2) is 13.6 Å². The summed E-state index contributed by atoms with van der Waals surface area (Å²) in [6.07, 6.45) is -2.22. The highest BCUT2D eigenvalue weighted by molar-refractivity contribution is 7.99. The maximum Gasteiger partial charge on any atom is 0.327 e. The normalized spacial score (nSPS) is 12.5. The first-order valence-corrected chi connectivity index (χ1v) is 4.51. The van der Waals surface area contributed by atoms with Crippen molar-refractivity contribution in [2.75, 3.05) is 11.5 Å². The number of rotatable bonds is 7. The first-order valence-electron chi connectivity index (χ1n) is 3.36. The van der Waals surface area contributed by atoms with Crippen molar-refractivity contribution in [1.29, 1.82) is 0 Å². The van der Waals surface area contributed by atoms with Gasteiger partial charge in [-0.2, -0.15) is 11.8 Å². The van der Waals surface area contributed by atoms with Gasteiger partial charge in [0.15, 0.2) is 0 Å². The van der Waals surface area contributed by atoms with E-state index in [1.165, 1.54) is 0 Å². The quantitative estimate of drug-likeness (QED) is 0.592. The van der Waals surface area contributed by atoms with Gasteiger partial charge in [0.1, 0.15) is 6.04 Å². The van der Waals surface area contributed by atoms with E-state index in [1.807, 2.05) is 5.32 Å². The van der Waals surface area contributed by atoms with Crippen molar-refractivity contribution >= 4 is 24.1 Å². The van der Waals surface area contributed by atoms with Gasteiger partial charge < -0.3 is 10.4 Å². The average molecular weight is 213 g/mol. The van der Waals surface area contributed by atoms with Gasteiger partial charge in [0.2, 0.25) is 12.8 Å². The maximum absolute atomic E-state index is 11.6. The van der Waals surface area contributed by atoms with E-state index < -0.39 is 24.2 Å². The molecule has 0 aliphatic rings. The topological polar surface area (TPSA) is 66.4 Å². The lowest BCUT2D eigenvalue weighted by Gasteiger charge is -2.09. The van der Waals surface area contributed by atoms with E-state index in [0.717, 1.165) is 11.8 Å². The third-order valence-corrected chi connectivity index (χ3v) is 2.15. The fraction of sp³-hybridized carbons (Fsp3) is 0.667. The zero-order valence-electron chi connectivity index (χ0n) is 6.57. The molecule has 0 spiro atoms. The number of aliphatic carboxylic acids is 1. The summed E-state index contributed by atoms with van der Waals surface area (Å²) in [4.78, 5) is 20.2. The van der Waals surface area contributed by atoms with Crippen LogP contribution in [0.4, 0.5) is 8.78 Å². The number of carbonyl (C=O) groups is 2. The highest BCUT2D eigenvalue weighted by atomic mass is 32.2. The van der Waals surface area contributed by atoms with Gasteiger partial charge in [-0.15, -0.1) is 0 Å². The molecule has 0 aliphatic carbocycles. The van der Waals surface area contributed by atoms with Crippen molar-refractivity contribution in [1.82, 2.24) is 5.32 Å². The summed E-state index contributed by atoms with van der Waals surface area (Å²) in [5.74, 6) is -1.71. The Morgan fingerprint density at radius 1 is 1.54 bits per heavy atom. The highest BCUT2D eigenvalue weighted by Crippen LogP contribution is 2.08. The van der Waals surface area contributed by atoms with Crippen molar-refractivity contribution < 1.29 is 23.5 Å². The summed E-state index contributed by atoms with van der Waals surface area (Å²) in [5, 5.41) is 10.5. The molecule has 76 valence electrons. The van der Waals surface area contributed by atoms with Gasteiger partial charge >= 0.3 is 5.97 Å². The minimum atomic E-state index is -2.46. The van der Waals surface area contributed by atoms with Crippen LogP contribution in [0.15, 0.2) is 0 Å². The Morgan fingerprint density at radius 3 is 2.54 bits per heavy atom. The molecule has 0 aromatic rings. The van der Waals surface area contributed by atoms with Gasteiger partial charge in [0.05, 0.1) is 5.75 Å². The monoisotopic (exact) mass is 213 g/mol. The van der Waals surface area contributed by atoms with Gasteiger partial charge in [-0.1, -0.05) is 0 Å². The average Bonchev–Trinajstić information content (AvgIpc) is 2.02. The van der Waals surface area contributed by atoms with Crippen LogP contribution in [-0.4, -0.2) is 41.5 Å². The minimum absolute atomic E-state index is 0.0571. The molecular formula is C6H9F2NO3S. The van der Waals surface area contributed by atoms with Crippen LogP contribution in [0.25, 0.3) is 0 Å². The molecule has 7 heteroatoms. The molecule has 0 bridgehead atoms. The Bertz CT molecular complexity index is 179. The van der Waals surface area contributed by atoms with Crippen LogP contribution in [0.3, 0.4) is 0 Å². The largest absolute Gasteiger partial charge is 0.480 e. The molecule has 0 saturated carbocycles. The van der Waals surface area contributed by atoms with E-state index in [0.29, 0.717) is 0 Å². The van der Waals surface area contributed by atoms with Gasteiger partial charge in [-0.3, -0.25) is 4.79 Å². The summed E-state index contributed by atoms with van der Waals surface area (Å²) >= 11 is 0.786. The number of hydrogen-bond acceptors (Lipinski definition) is 3. The van der Waals surface area contributed by atoms with E-state index in [2.05, 4.69) is 0 Å². The molecule has 0 fully saturated rings. The Hall–Kier alpha value is -0.850. The lowest BCUT2D eigenvalue weighted by molar-refractivity contribution is -0.139. The first-order chi connectivity index (χ1) is 6.07. The molecule has 0 aromatic carbocycles. The maximum atomic E-state index is 11.6. The Morgan fingerprint density at radius 2 is 2.15 bits per heavy atom. The van der Waals surface area contributed by atoms with Crippen LogP contribution >= 0.6 is 11.8 Å². The van der Waals surface area contributed by atoms with Gasteiger partial charge in [-0.05, 0) is 0 Å². The van der Waals surface area contributed by atoms with Crippen molar-refractivity contribution in [2.24, 2.45) is 0 Å². The molecule has 0 heterocycles. The second-order valence-corrected chi connectivity index (χ2v) is 3.18. The van der Waals surface area contributed by atoms with Crippen LogP contribution in [-0.2, 0) is 9.59 Å². The Labute approximate surface area is 77.7 Å². The van der Waals surface area contributed by atoms with E-state index in [4.69, 9.17) is 5.11 Å². The number of carboxylic acids is 1. The predicted octanol–water partition coefficient (Wildman–Crippen LogP) is 0.184. The van der Waals surface area contributed by atoms with Crippen molar-refractivity contribution in [3.05, 3.63) is 0 Å². The summed E-state index contributed by atoms with van der Waals surface area (Å²) in [6, 6.07) is -1.10. The lowest BCUT2D eigenvalue weighted by atomic mass is 10.3. The number of carboxylic acid groups (broad SMARTS) is 1. The fourth-order valence-corrected chi connectivity index (χ4v) is 1.34. The highest BCUT2D eigenvalue weighted by Gasteiger charge is 2.16. The van der Waals surface area contributed by atoms with Crippen LogP contribution in [0.5, 0.6) is 0 Å². The standard InChI is InChI=1S/C6H9F2NO3S/c7-5(8)2-13-1-4(6(11)12)9-3-10/h3-5H,1-2H2,(H,9,10)(H,11,12). The molecule has 0 rings (SSSR count). The summed E-state index contributed by atoms with van der Waals surface area (Å²) < 4.78 is 23.2. The SMILES string of the molecule is O=CNC(CSCC(F)F)C(=O)O. The zero-order chi connectivity index (χ0) is 10.3. The van der Waals surface area contributed by atoms with E-state index in [9.17, 15) is 18.4 Å². The summed E-state index contributed by atoms with van der Waals surface area (Å²) in [6.45, 7) is 0. The van der Waals surface area contributed by atoms with Crippen LogP contribution in [0, 0.1) is 0 Å². The molecule has 1 unspecified atom stereocenters. The van der Waals surface area contributed by atoms with Crippen LogP contribution < -0.4 is 5.32 Å². The molecule has 4 nitrogen and oxygen atoms in total. The smallest absolute Gasteiger partial charge is 0.327 e.